The van der Waals surface area contributed by atoms with E-state index < -0.39 is 10.0 Å². The van der Waals surface area contributed by atoms with Crippen molar-refractivity contribution in [2.75, 3.05) is 4.72 Å². The van der Waals surface area contributed by atoms with Gasteiger partial charge < -0.3 is 0 Å². The van der Waals surface area contributed by atoms with Gasteiger partial charge in [0.05, 0.1) is 4.90 Å². The summed E-state index contributed by atoms with van der Waals surface area (Å²) in [5.41, 5.74) is 3.79. The summed E-state index contributed by atoms with van der Waals surface area (Å²) in [5, 5.41) is 0. The number of benzene rings is 3. The van der Waals surface area contributed by atoms with Crippen molar-refractivity contribution < 1.29 is 8.42 Å². The standard InChI is InChI=1S/C21H20BrNO2S/c1-2-3-16-4-12-20(13-5-16)23-26(24,25)21-14-8-18(9-15-21)17-6-10-19(22)11-7-17/h4-15,23H,2-3H2,1H3. The van der Waals surface area contributed by atoms with E-state index in [-0.39, 0.29) is 4.90 Å². The maximum Gasteiger partial charge on any atom is 0.261 e. The molecule has 3 rings (SSSR count). The third-order valence-corrected chi connectivity index (χ3v) is 6.01. The van der Waals surface area contributed by atoms with Crippen molar-refractivity contribution in [1.82, 2.24) is 0 Å². The summed E-state index contributed by atoms with van der Waals surface area (Å²) in [5.74, 6) is 0. The number of hydrogen-bond donors (Lipinski definition) is 1. The molecule has 0 saturated heterocycles. The summed E-state index contributed by atoms with van der Waals surface area (Å²) in [4.78, 5) is 0.246. The van der Waals surface area contributed by atoms with Crippen molar-refractivity contribution in [3.05, 3.63) is 82.8 Å². The van der Waals surface area contributed by atoms with Crippen LogP contribution in [0.5, 0.6) is 0 Å². The second-order valence-electron chi connectivity index (χ2n) is 6.08. The fraction of sp³-hybridized carbons (Fsp3) is 0.143. The van der Waals surface area contributed by atoms with Gasteiger partial charge in [0.2, 0.25) is 0 Å². The van der Waals surface area contributed by atoms with Crippen molar-refractivity contribution in [1.29, 1.82) is 0 Å². The van der Waals surface area contributed by atoms with Gasteiger partial charge in [0.15, 0.2) is 0 Å². The van der Waals surface area contributed by atoms with Crippen LogP contribution in [0.3, 0.4) is 0 Å². The highest BCUT2D eigenvalue weighted by Gasteiger charge is 2.14. The summed E-state index contributed by atoms with van der Waals surface area (Å²) in [6.45, 7) is 2.12. The Kier molecular flexibility index (Phi) is 5.79. The number of aryl methyl sites for hydroxylation is 1. The second-order valence-corrected chi connectivity index (χ2v) is 8.68. The van der Waals surface area contributed by atoms with Crippen LogP contribution < -0.4 is 4.72 Å². The Morgan fingerprint density at radius 1 is 0.808 bits per heavy atom. The molecule has 0 spiro atoms. The minimum Gasteiger partial charge on any atom is -0.280 e. The first-order valence-corrected chi connectivity index (χ1v) is 10.7. The van der Waals surface area contributed by atoms with Crippen LogP contribution in [-0.2, 0) is 16.4 Å². The molecule has 0 fully saturated rings. The molecule has 26 heavy (non-hydrogen) atoms. The number of anilines is 1. The van der Waals surface area contributed by atoms with Crippen molar-refractivity contribution in [3.63, 3.8) is 0 Å². The molecule has 0 aromatic heterocycles. The average molecular weight is 430 g/mol. The van der Waals surface area contributed by atoms with E-state index in [1.165, 1.54) is 5.56 Å². The number of hydrogen-bond acceptors (Lipinski definition) is 2. The molecule has 0 unspecified atom stereocenters. The molecular weight excluding hydrogens is 410 g/mol. The summed E-state index contributed by atoms with van der Waals surface area (Å²) in [6.07, 6.45) is 2.06. The van der Waals surface area contributed by atoms with E-state index in [1.807, 2.05) is 48.5 Å². The molecule has 5 heteroatoms. The van der Waals surface area contributed by atoms with E-state index in [0.29, 0.717) is 5.69 Å². The number of sulfonamides is 1. The first-order chi connectivity index (χ1) is 12.5. The lowest BCUT2D eigenvalue weighted by Crippen LogP contribution is -2.12. The Morgan fingerprint density at radius 3 is 1.88 bits per heavy atom. The van der Waals surface area contributed by atoms with Gasteiger partial charge in [0, 0.05) is 10.2 Å². The Hall–Kier alpha value is -2.11. The van der Waals surface area contributed by atoms with Crippen LogP contribution in [0.15, 0.2) is 82.2 Å². The zero-order valence-corrected chi connectivity index (χ0v) is 16.8. The molecule has 3 aromatic rings. The van der Waals surface area contributed by atoms with E-state index in [2.05, 4.69) is 27.6 Å². The fourth-order valence-electron chi connectivity index (χ4n) is 2.71. The lowest BCUT2D eigenvalue weighted by atomic mass is 10.1. The van der Waals surface area contributed by atoms with Gasteiger partial charge in [-0.1, -0.05) is 65.7 Å². The number of nitrogens with one attached hydrogen (secondary N) is 1. The summed E-state index contributed by atoms with van der Waals surface area (Å²) in [7, 11) is -3.60. The largest absolute Gasteiger partial charge is 0.280 e. The van der Waals surface area contributed by atoms with Crippen LogP contribution >= 0.6 is 15.9 Å². The highest BCUT2D eigenvalue weighted by Crippen LogP contribution is 2.24. The van der Waals surface area contributed by atoms with E-state index in [1.54, 1.807) is 24.3 Å². The smallest absolute Gasteiger partial charge is 0.261 e. The molecular formula is C21H20BrNO2S. The molecule has 0 atom stereocenters. The Balaban J connectivity index is 1.77. The Labute approximate surface area is 163 Å². The predicted octanol–water partition coefficient (Wildman–Crippen LogP) is 5.87. The summed E-state index contributed by atoms with van der Waals surface area (Å²) < 4.78 is 28.8. The molecule has 0 aliphatic rings. The summed E-state index contributed by atoms with van der Waals surface area (Å²) >= 11 is 3.41. The molecule has 0 amide bonds. The molecule has 0 radical (unpaired) electrons. The SMILES string of the molecule is CCCc1ccc(NS(=O)(=O)c2ccc(-c3ccc(Br)cc3)cc2)cc1. The van der Waals surface area contributed by atoms with Gasteiger partial charge >= 0.3 is 0 Å². The van der Waals surface area contributed by atoms with Crippen LogP contribution in [0.1, 0.15) is 18.9 Å². The van der Waals surface area contributed by atoms with Gasteiger partial charge in [-0.05, 0) is 59.5 Å². The van der Waals surface area contributed by atoms with E-state index in [0.717, 1.165) is 28.4 Å². The fourth-order valence-corrected chi connectivity index (χ4v) is 4.03. The van der Waals surface area contributed by atoms with E-state index in [4.69, 9.17) is 0 Å². The minimum absolute atomic E-state index is 0.246. The van der Waals surface area contributed by atoms with Gasteiger partial charge in [-0.15, -0.1) is 0 Å². The van der Waals surface area contributed by atoms with Crippen LogP contribution in [0, 0.1) is 0 Å². The molecule has 3 aromatic carbocycles. The monoisotopic (exact) mass is 429 g/mol. The van der Waals surface area contributed by atoms with Crippen molar-refractivity contribution in [2.45, 2.75) is 24.7 Å². The number of rotatable bonds is 6. The van der Waals surface area contributed by atoms with Gasteiger partial charge in [0.1, 0.15) is 0 Å². The average Bonchev–Trinajstić information content (AvgIpc) is 2.64. The highest BCUT2D eigenvalue weighted by molar-refractivity contribution is 9.10. The first kappa shape index (κ1) is 18.7. The quantitative estimate of drug-likeness (QED) is 0.532. The molecule has 0 heterocycles. The van der Waals surface area contributed by atoms with Gasteiger partial charge in [0.25, 0.3) is 10.0 Å². The molecule has 0 aliphatic carbocycles. The maximum absolute atomic E-state index is 12.6. The lowest BCUT2D eigenvalue weighted by Gasteiger charge is -2.10. The van der Waals surface area contributed by atoms with Gasteiger partial charge in [-0.25, -0.2) is 8.42 Å². The molecule has 1 N–H and O–H groups in total. The van der Waals surface area contributed by atoms with Crippen LogP contribution in [0.2, 0.25) is 0 Å². The third-order valence-electron chi connectivity index (χ3n) is 4.09. The summed E-state index contributed by atoms with van der Waals surface area (Å²) in [6, 6.07) is 22.3. The van der Waals surface area contributed by atoms with Gasteiger partial charge in [-0.2, -0.15) is 0 Å². The zero-order chi connectivity index (χ0) is 18.6. The second kappa shape index (κ2) is 8.06. The van der Waals surface area contributed by atoms with Crippen molar-refractivity contribution in [3.8, 4) is 11.1 Å². The Morgan fingerprint density at radius 2 is 1.35 bits per heavy atom. The predicted molar refractivity (Wildman–Crippen MR) is 111 cm³/mol. The van der Waals surface area contributed by atoms with Crippen LogP contribution in [-0.4, -0.2) is 8.42 Å². The molecule has 0 bridgehead atoms. The minimum atomic E-state index is -3.60. The van der Waals surface area contributed by atoms with E-state index >= 15 is 0 Å². The Bertz CT molecular complexity index is 964. The normalized spacial score (nSPS) is 11.3. The first-order valence-electron chi connectivity index (χ1n) is 8.46. The molecule has 0 aliphatic heterocycles. The molecule has 3 nitrogen and oxygen atoms in total. The maximum atomic E-state index is 12.6. The topological polar surface area (TPSA) is 46.2 Å². The number of halogens is 1. The highest BCUT2D eigenvalue weighted by atomic mass is 79.9. The molecule has 134 valence electrons. The van der Waals surface area contributed by atoms with Crippen LogP contribution in [0.25, 0.3) is 11.1 Å². The lowest BCUT2D eigenvalue weighted by molar-refractivity contribution is 0.601. The van der Waals surface area contributed by atoms with Crippen LogP contribution in [0.4, 0.5) is 5.69 Å². The van der Waals surface area contributed by atoms with E-state index in [9.17, 15) is 8.42 Å². The van der Waals surface area contributed by atoms with Crippen molar-refractivity contribution >= 4 is 31.6 Å². The third kappa shape index (κ3) is 4.54. The zero-order valence-electron chi connectivity index (χ0n) is 14.4. The van der Waals surface area contributed by atoms with Gasteiger partial charge in [-0.3, -0.25) is 4.72 Å². The van der Waals surface area contributed by atoms with Crippen molar-refractivity contribution in [2.24, 2.45) is 0 Å². The molecule has 0 saturated carbocycles.